The first-order chi connectivity index (χ1) is 13.3. The van der Waals surface area contributed by atoms with Gasteiger partial charge in [-0.1, -0.05) is 12.1 Å². The monoisotopic (exact) mass is 400 g/mol. The molecule has 0 bridgehead atoms. The molecule has 8 nitrogen and oxygen atoms in total. The van der Waals surface area contributed by atoms with Crippen LogP contribution in [0.5, 0.6) is 5.75 Å². The lowest BCUT2D eigenvalue weighted by Crippen LogP contribution is -2.26. The smallest absolute Gasteiger partial charge is 0.253 e. The highest BCUT2D eigenvalue weighted by Gasteiger charge is 2.28. The fourth-order valence-corrected chi connectivity index (χ4v) is 3.61. The Morgan fingerprint density at radius 1 is 1.21 bits per heavy atom. The summed E-state index contributed by atoms with van der Waals surface area (Å²) in [4.78, 5) is 20.3. The second kappa shape index (κ2) is 6.92. The van der Waals surface area contributed by atoms with Crippen LogP contribution in [0.2, 0.25) is 0 Å². The minimum absolute atomic E-state index is 0.0526. The molecule has 0 unspecified atom stereocenters. The Hall–Kier alpha value is -2.91. The van der Waals surface area contributed by atoms with Crippen LogP contribution in [0.15, 0.2) is 41.3 Å². The molecule has 4 rings (SSSR count). The molecule has 1 heterocycles. The molecule has 0 radical (unpaired) electrons. The average molecular weight is 400 g/mol. The second-order valence-electron chi connectivity index (χ2n) is 6.95. The summed E-state index contributed by atoms with van der Waals surface area (Å²) in [6.45, 7) is 0.371. The standard InChI is InChI=1S/C19H20N4O4S/c20-28(26,27)13-5-1-11(2-6-13)9-10-21-19(25)14-7-8-15(24)17-16(14)22-18(23-17)12-3-4-12/h1-2,5-8,12,24H,3-4,9-10H2,(H,21,25)(H,22,23)(H2,20,26,27). The molecule has 1 aromatic heterocycles. The first-order valence-electron chi connectivity index (χ1n) is 8.94. The van der Waals surface area contributed by atoms with Gasteiger partial charge in [0.05, 0.1) is 10.5 Å². The van der Waals surface area contributed by atoms with E-state index in [2.05, 4.69) is 15.3 Å². The molecule has 1 saturated carbocycles. The molecule has 3 aromatic rings. The Kier molecular flexibility index (Phi) is 4.56. The Morgan fingerprint density at radius 2 is 1.93 bits per heavy atom. The van der Waals surface area contributed by atoms with Gasteiger partial charge in [0.25, 0.3) is 5.91 Å². The molecule has 0 spiro atoms. The summed E-state index contributed by atoms with van der Waals surface area (Å²) in [7, 11) is -3.71. The van der Waals surface area contributed by atoms with E-state index in [1.807, 2.05) is 0 Å². The van der Waals surface area contributed by atoms with Gasteiger partial charge in [-0.25, -0.2) is 18.5 Å². The number of nitrogens with zero attached hydrogens (tertiary/aromatic N) is 1. The maximum atomic E-state index is 12.6. The SMILES string of the molecule is NS(=O)(=O)c1ccc(CCNC(=O)c2ccc(O)c3[nH]c(C4CC4)nc23)cc1. The van der Waals surface area contributed by atoms with Gasteiger partial charge in [-0.2, -0.15) is 0 Å². The normalized spacial score (nSPS) is 14.3. The minimum atomic E-state index is -3.71. The van der Waals surface area contributed by atoms with Crippen molar-refractivity contribution in [3.8, 4) is 5.75 Å². The number of sulfonamides is 1. The molecular weight excluding hydrogens is 380 g/mol. The van der Waals surface area contributed by atoms with Gasteiger partial charge in [0.15, 0.2) is 0 Å². The molecule has 0 saturated heterocycles. The third kappa shape index (κ3) is 3.71. The molecule has 1 fully saturated rings. The molecule has 9 heteroatoms. The number of amides is 1. The molecule has 146 valence electrons. The molecular formula is C19H20N4O4S. The summed E-state index contributed by atoms with van der Waals surface area (Å²) in [6.07, 6.45) is 2.66. The summed E-state index contributed by atoms with van der Waals surface area (Å²) in [5, 5.41) is 18.0. The molecule has 0 aliphatic heterocycles. The topological polar surface area (TPSA) is 138 Å². The third-order valence-electron chi connectivity index (χ3n) is 4.80. The summed E-state index contributed by atoms with van der Waals surface area (Å²) >= 11 is 0. The number of aromatic nitrogens is 2. The third-order valence-corrected chi connectivity index (χ3v) is 5.73. The number of phenolic OH excluding ortho intramolecular Hbond substituents is 1. The zero-order valence-electron chi connectivity index (χ0n) is 15.0. The van der Waals surface area contributed by atoms with Crippen molar-refractivity contribution in [2.75, 3.05) is 6.54 Å². The van der Waals surface area contributed by atoms with Crippen molar-refractivity contribution in [2.45, 2.75) is 30.1 Å². The number of hydrogen-bond donors (Lipinski definition) is 4. The lowest BCUT2D eigenvalue weighted by Gasteiger charge is -2.07. The first-order valence-corrected chi connectivity index (χ1v) is 10.5. The van der Waals surface area contributed by atoms with E-state index >= 15 is 0 Å². The summed E-state index contributed by atoms with van der Waals surface area (Å²) in [6, 6.07) is 9.27. The van der Waals surface area contributed by atoms with E-state index in [0.717, 1.165) is 24.2 Å². The van der Waals surface area contributed by atoms with Crippen molar-refractivity contribution in [1.29, 1.82) is 0 Å². The highest BCUT2D eigenvalue weighted by molar-refractivity contribution is 7.89. The maximum absolute atomic E-state index is 12.6. The Morgan fingerprint density at radius 3 is 2.57 bits per heavy atom. The van der Waals surface area contributed by atoms with E-state index in [1.54, 1.807) is 18.2 Å². The Bertz CT molecular complexity index is 1150. The molecule has 1 aliphatic carbocycles. The highest BCUT2D eigenvalue weighted by Crippen LogP contribution is 2.40. The van der Waals surface area contributed by atoms with Gasteiger partial charge in [0.1, 0.15) is 22.6 Å². The van der Waals surface area contributed by atoms with Crippen LogP contribution in [0.4, 0.5) is 0 Å². The van der Waals surface area contributed by atoms with Crippen LogP contribution in [-0.4, -0.2) is 35.9 Å². The number of fused-ring (bicyclic) bond motifs is 1. The van der Waals surface area contributed by atoms with Crippen LogP contribution in [-0.2, 0) is 16.4 Å². The number of nitrogens with one attached hydrogen (secondary N) is 2. The van der Waals surface area contributed by atoms with E-state index in [4.69, 9.17) is 5.14 Å². The number of carbonyl (C=O) groups is 1. The predicted octanol–water partition coefficient (Wildman–Crippen LogP) is 1.77. The number of imidazole rings is 1. The lowest BCUT2D eigenvalue weighted by atomic mass is 10.1. The van der Waals surface area contributed by atoms with Crippen molar-refractivity contribution in [2.24, 2.45) is 5.14 Å². The van der Waals surface area contributed by atoms with E-state index in [0.29, 0.717) is 35.5 Å². The molecule has 1 aliphatic rings. The summed E-state index contributed by atoms with van der Waals surface area (Å²) < 4.78 is 22.6. The van der Waals surface area contributed by atoms with Gasteiger partial charge in [0, 0.05) is 12.5 Å². The van der Waals surface area contributed by atoms with E-state index < -0.39 is 10.0 Å². The Balaban J connectivity index is 1.45. The number of phenols is 1. The quantitative estimate of drug-likeness (QED) is 0.499. The maximum Gasteiger partial charge on any atom is 0.253 e. The van der Waals surface area contributed by atoms with Crippen LogP contribution in [0.1, 0.15) is 40.5 Å². The molecule has 1 amide bonds. The number of aromatic amines is 1. The van der Waals surface area contributed by atoms with Crippen LogP contribution in [0.3, 0.4) is 0 Å². The largest absolute Gasteiger partial charge is 0.506 e. The second-order valence-corrected chi connectivity index (χ2v) is 8.51. The minimum Gasteiger partial charge on any atom is -0.506 e. The number of rotatable bonds is 6. The van der Waals surface area contributed by atoms with Crippen molar-refractivity contribution < 1.29 is 18.3 Å². The molecule has 5 N–H and O–H groups in total. The highest BCUT2D eigenvalue weighted by atomic mass is 32.2. The van der Waals surface area contributed by atoms with E-state index in [9.17, 15) is 18.3 Å². The number of hydrogen-bond acceptors (Lipinski definition) is 5. The predicted molar refractivity (Wildman–Crippen MR) is 104 cm³/mol. The van der Waals surface area contributed by atoms with Gasteiger partial charge in [-0.15, -0.1) is 0 Å². The van der Waals surface area contributed by atoms with Crippen LogP contribution < -0.4 is 10.5 Å². The fraction of sp³-hybridized carbons (Fsp3) is 0.263. The van der Waals surface area contributed by atoms with Gasteiger partial charge >= 0.3 is 0 Å². The van der Waals surface area contributed by atoms with E-state index in [-0.39, 0.29) is 16.6 Å². The van der Waals surface area contributed by atoms with Gasteiger partial charge in [-0.3, -0.25) is 4.79 Å². The number of aromatic hydroxyl groups is 1. The molecule has 0 atom stereocenters. The number of primary sulfonamides is 1. The number of benzene rings is 2. The average Bonchev–Trinajstić information content (AvgIpc) is 3.40. The van der Waals surface area contributed by atoms with Crippen LogP contribution in [0, 0.1) is 0 Å². The zero-order valence-corrected chi connectivity index (χ0v) is 15.8. The van der Waals surface area contributed by atoms with Crippen molar-refractivity contribution in [1.82, 2.24) is 15.3 Å². The van der Waals surface area contributed by atoms with E-state index in [1.165, 1.54) is 18.2 Å². The molecule has 2 aromatic carbocycles. The Labute approximate surface area is 161 Å². The van der Waals surface area contributed by atoms with Crippen molar-refractivity contribution >= 4 is 27.0 Å². The van der Waals surface area contributed by atoms with Crippen LogP contribution >= 0.6 is 0 Å². The lowest BCUT2D eigenvalue weighted by molar-refractivity contribution is 0.0955. The van der Waals surface area contributed by atoms with Crippen LogP contribution in [0.25, 0.3) is 11.0 Å². The van der Waals surface area contributed by atoms with Crippen molar-refractivity contribution in [3.05, 3.63) is 53.3 Å². The fourth-order valence-electron chi connectivity index (χ4n) is 3.09. The zero-order chi connectivity index (χ0) is 19.9. The first kappa shape index (κ1) is 18.5. The number of nitrogens with two attached hydrogens (primary N) is 1. The van der Waals surface area contributed by atoms with Gasteiger partial charge in [0.2, 0.25) is 10.0 Å². The molecule has 28 heavy (non-hydrogen) atoms. The summed E-state index contributed by atoms with van der Waals surface area (Å²) in [5.74, 6) is 0.976. The summed E-state index contributed by atoms with van der Waals surface area (Å²) in [5.41, 5.74) is 2.23. The number of carbonyl (C=O) groups excluding carboxylic acids is 1. The van der Waals surface area contributed by atoms with Gasteiger partial charge < -0.3 is 15.4 Å². The van der Waals surface area contributed by atoms with Gasteiger partial charge in [-0.05, 0) is 49.1 Å². The van der Waals surface area contributed by atoms with Crippen molar-refractivity contribution in [3.63, 3.8) is 0 Å². The number of H-pyrrole nitrogens is 1.